The lowest BCUT2D eigenvalue weighted by Crippen LogP contribution is -2.15. The summed E-state index contributed by atoms with van der Waals surface area (Å²) in [4.78, 5) is 17.9. The van der Waals surface area contributed by atoms with Crippen LogP contribution in [0.3, 0.4) is 0 Å². The number of anilines is 3. The molecule has 2 heterocycles. The van der Waals surface area contributed by atoms with Crippen LogP contribution in [0, 0.1) is 0 Å². The third-order valence-corrected chi connectivity index (χ3v) is 12.0. The second kappa shape index (κ2) is 14.3. The molecular weight excluding hydrogens is 741 g/mol. The van der Waals surface area contributed by atoms with Crippen molar-refractivity contribution in [2.75, 3.05) is 4.90 Å². The second-order valence-electron chi connectivity index (χ2n) is 15.5. The van der Waals surface area contributed by atoms with Crippen molar-refractivity contribution in [1.29, 1.82) is 0 Å². The average Bonchev–Trinajstić information content (AvgIpc) is 3.34. The first-order chi connectivity index (χ1) is 30.3. The van der Waals surface area contributed by atoms with Crippen LogP contribution in [0.25, 0.3) is 99.9 Å². The van der Waals surface area contributed by atoms with Crippen molar-refractivity contribution in [3.8, 4) is 67.5 Å². The van der Waals surface area contributed by atoms with Crippen LogP contribution in [0.5, 0.6) is 0 Å². The topological polar surface area (TPSA) is 41.9 Å². The van der Waals surface area contributed by atoms with Gasteiger partial charge in [0.05, 0.1) is 11.4 Å². The fourth-order valence-corrected chi connectivity index (χ4v) is 9.27. The van der Waals surface area contributed by atoms with Gasteiger partial charge < -0.3 is 4.90 Å². The molecule has 1 aromatic heterocycles. The monoisotopic (exact) mass is 776 g/mol. The van der Waals surface area contributed by atoms with E-state index in [4.69, 9.17) is 15.0 Å². The highest BCUT2D eigenvalue weighted by atomic mass is 15.2. The van der Waals surface area contributed by atoms with Gasteiger partial charge in [-0.15, -0.1) is 0 Å². The molecule has 0 radical (unpaired) electrons. The van der Waals surface area contributed by atoms with Crippen LogP contribution in [0.2, 0.25) is 0 Å². The molecular formula is C57H36N4. The maximum atomic E-state index is 5.23. The van der Waals surface area contributed by atoms with Crippen LogP contribution >= 0.6 is 0 Å². The Balaban J connectivity index is 1.08. The summed E-state index contributed by atoms with van der Waals surface area (Å²) < 4.78 is 0. The number of para-hydroxylation sites is 1. The molecule has 1 aliphatic rings. The molecule has 12 rings (SSSR count). The van der Waals surface area contributed by atoms with Crippen LogP contribution in [0.1, 0.15) is 0 Å². The summed E-state index contributed by atoms with van der Waals surface area (Å²) in [5.41, 5.74) is 13.5. The summed E-state index contributed by atoms with van der Waals surface area (Å²) in [5.74, 6) is 1.92. The largest absolute Gasteiger partial charge is 0.309 e. The highest BCUT2D eigenvalue weighted by Crippen LogP contribution is 2.55. The van der Waals surface area contributed by atoms with Gasteiger partial charge >= 0.3 is 0 Å². The van der Waals surface area contributed by atoms with E-state index in [1.807, 2.05) is 18.2 Å². The van der Waals surface area contributed by atoms with Crippen molar-refractivity contribution in [1.82, 2.24) is 15.0 Å². The number of aromatic nitrogens is 3. The second-order valence-corrected chi connectivity index (χ2v) is 15.5. The van der Waals surface area contributed by atoms with E-state index in [-0.39, 0.29) is 0 Å². The van der Waals surface area contributed by atoms with Crippen molar-refractivity contribution in [2.24, 2.45) is 0 Å². The zero-order valence-electron chi connectivity index (χ0n) is 33.1. The van der Waals surface area contributed by atoms with Gasteiger partial charge in [0.25, 0.3) is 0 Å². The van der Waals surface area contributed by atoms with E-state index in [0.29, 0.717) is 17.5 Å². The number of fused-ring (bicyclic) bond motifs is 4. The minimum atomic E-state index is 0.636. The quantitative estimate of drug-likeness (QED) is 0.169. The van der Waals surface area contributed by atoms with Crippen LogP contribution in [0.15, 0.2) is 218 Å². The summed E-state index contributed by atoms with van der Waals surface area (Å²) in [6.45, 7) is 0. The molecule has 11 aromatic rings. The first-order valence-electron chi connectivity index (χ1n) is 20.7. The summed E-state index contributed by atoms with van der Waals surface area (Å²) in [7, 11) is 0. The van der Waals surface area contributed by atoms with E-state index in [9.17, 15) is 0 Å². The lowest BCUT2D eigenvalue weighted by Gasteiger charge is -2.35. The van der Waals surface area contributed by atoms with Gasteiger partial charge in [0.2, 0.25) is 0 Å². The molecule has 61 heavy (non-hydrogen) atoms. The number of hydrogen-bond acceptors (Lipinski definition) is 4. The highest BCUT2D eigenvalue weighted by Gasteiger charge is 2.30. The average molecular weight is 777 g/mol. The first-order valence-corrected chi connectivity index (χ1v) is 20.7. The lowest BCUT2D eigenvalue weighted by atomic mass is 9.83. The molecule has 0 saturated carbocycles. The maximum absolute atomic E-state index is 5.23. The van der Waals surface area contributed by atoms with E-state index in [1.165, 1.54) is 49.7 Å². The van der Waals surface area contributed by atoms with Crippen molar-refractivity contribution in [3.63, 3.8) is 0 Å². The standard InChI is InChI=1S/C57H36N4/c1-4-17-38(18-5-1)43-34-35-52-53-47(43)26-14-28-50(53)54-48(27-15-29-51(54)61(52)42-22-8-3-9-23-42)46-32-33-49(45-25-13-12-24-44(45)46)57-59-55(39-19-6-2-7-20-39)58-56(60-57)41-31-30-37-16-10-11-21-40(37)36-41/h1-36H. The Labute approximate surface area is 353 Å². The van der Waals surface area contributed by atoms with E-state index >= 15 is 0 Å². The molecule has 0 unspecified atom stereocenters. The molecule has 0 atom stereocenters. The Morgan fingerprint density at radius 3 is 1.66 bits per heavy atom. The SMILES string of the molecule is c1ccc(-c2nc(-c3ccc4ccccc4c3)nc(-c3ccc(-c4cccc5c4-c4cccc6c(-c7ccccc7)ccc(c46)N5c4ccccc4)c4ccccc34)n2)cc1. The fraction of sp³-hybridized carbons (Fsp3) is 0. The van der Waals surface area contributed by atoms with Gasteiger partial charge in [-0.25, -0.2) is 15.0 Å². The minimum Gasteiger partial charge on any atom is -0.309 e. The summed E-state index contributed by atoms with van der Waals surface area (Å²) in [6, 6.07) is 77.7. The van der Waals surface area contributed by atoms with Crippen LogP contribution in [-0.4, -0.2) is 15.0 Å². The summed E-state index contributed by atoms with van der Waals surface area (Å²) in [6.07, 6.45) is 0. The van der Waals surface area contributed by atoms with Crippen molar-refractivity contribution < 1.29 is 0 Å². The van der Waals surface area contributed by atoms with Gasteiger partial charge in [0.1, 0.15) is 0 Å². The first kappa shape index (κ1) is 34.8. The van der Waals surface area contributed by atoms with Crippen LogP contribution < -0.4 is 4.90 Å². The Hall–Kier alpha value is -8.21. The minimum absolute atomic E-state index is 0.636. The molecule has 0 saturated heterocycles. The van der Waals surface area contributed by atoms with E-state index in [1.54, 1.807) is 0 Å². The van der Waals surface area contributed by atoms with Crippen molar-refractivity contribution in [3.05, 3.63) is 218 Å². The van der Waals surface area contributed by atoms with Gasteiger partial charge in [-0.1, -0.05) is 182 Å². The number of hydrogen-bond donors (Lipinski definition) is 0. The Morgan fingerprint density at radius 2 is 0.869 bits per heavy atom. The molecule has 1 aliphatic heterocycles. The van der Waals surface area contributed by atoms with Gasteiger partial charge in [-0.3, -0.25) is 0 Å². The normalized spacial score (nSPS) is 11.9. The van der Waals surface area contributed by atoms with E-state index in [2.05, 4.69) is 205 Å². The number of rotatable bonds is 6. The molecule has 0 bridgehead atoms. The molecule has 4 nitrogen and oxygen atoms in total. The molecule has 0 spiro atoms. The fourth-order valence-electron chi connectivity index (χ4n) is 9.27. The maximum Gasteiger partial charge on any atom is 0.164 e. The number of benzene rings is 10. The third kappa shape index (κ3) is 5.80. The number of nitrogens with zero attached hydrogens (tertiary/aromatic N) is 4. The van der Waals surface area contributed by atoms with Crippen LogP contribution in [0.4, 0.5) is 17.1 Å². The lowest BCUT2D eigenvalue weighted by molar-refractivity contribution is 1.08. The summed E-state index contributed by atoms with van der Waals surface area (Å²) >= 11 is 0. The zero-order valence-corrected chi connectivity index (χ0v) is 33.1. The van der Waals surface area contributed by atoms with Gasteiger partial charge in [0.15, 0.2) is 17.5 Å². The van der Waals surface area contributed by atoms with Gasteiger partial charge in [-0.05, 0) is 91.1 Å². The molecule has 284 valence electrons. The van der Waals surface area contributed by atoms with Crippen LogP contribution in [-0.2, 0) is 0 Å². The van der Waals surface area contributed by atoms with Crippen molar-refractivity contribution >= 4 is 49.4 Å². The van der Waals surface area contributed by atoms with Gasteiger partial charge in [-0.2, -0.15) is 0 Å². The predicted octanol–water partition coefficient (Wildman–Crippen LogP) is 15.1. The molecule has 0 fully saturated rings. The summed E-state index contributed by atoms with van der Waals surface area (Å²) in [5, 5.41) is 7.00. The van der Waals surface area contributed by atoms with Crippen molar-refractivity contribution in [2.45, 2.75) is 0 Å². The smallest absolute Gasteiger partial charge is 0.164 e. The van der Waals surface area contributed by atoms with E-state index < -0.39 is 0 Å². The highest BCUT2D eigenvalue weighted by molar-refractivity contribution is 6.20. The zero-order chi connectivity index (χ0) is 40.3. The molecule has 4 heteroatoms. The molecule has 0 aliphatic carbocycles. The molecule has 0 N–H and O–H groups in total. The Kier molecular flexibility index (Phi) is 8.13. The van der Waals surface area contributed by atoms with E-state index in [0.717, 1.165) is 49.8 Å². The van der Waals surface area contributed by atoms with Gasteiger partial charge in [0, 0.05) is 33.3 Å². The molecule has 0 amide bonds. The Morgan fingerprint density at radius 1 is 0.295 bits per heavy atom. The molecule has 10 aromatic carbocycles. The Bertz CT molecular complexity index is 3470. The third-order valence-electron chi connectivity index (χ3n) is 12.0. The predicted molar refractivity (Wildman–Crippen MR) is 253 cm³/mol.